The fourth-order valence-electron chi connectivity index (χ4n) is 3.35. The van der Waals surface area contributed by atoms with Gasteiger partial charge in [0.1, 0.15) is 0 Å². The van der Waals surface area contributed by atoms with Crippen molar-refractivity contribution in [3.63, 3.8) is 0 Å². The molecule has 5 nitrogen and oxygen atoms in total. The zero-order valence-corrected chi connectivity index (χ0v) is 13.0. The first kappa shape index (κ1) is 15.3. The highest BCUT2D eigenvalue weighted by molar-refractivity contribution is 5.71. The maximum atomic E-state index is 11.2. The van der Waals surface area contributed by atoms with E-state index in [2.05, 4.69) is 39.4 Å². The Morgan fingerprint density at radius 2 is 1.91 bits per heavy atom. The second-order valence-corrected chi connectivity index (χ2v) is 6.32. The van der Waals surface area contributed by atoms with E-state index < -0.39 is 5.97 Å². The van der Waals surface area contributed by atoms with E-state index in [-0.39, 0.29) is 5.92 Å². The van der Waals surface area contributed by atoms with Crippen molar-refractivity contribution in [1.29, 1.82) is 0 Å². The highest BCUT2D eigenvalue weighted by atomic mass is 16.4. The van der Waals surface area contributed by atoms with Crippen molar-refractivity contribution in [2.45, 2.75) is 19.4 Å². The van der Waals surface area contributed by atoms with E-state index in [0.29, 0.717) is 6.54 Å². The number of hydrogen-bond acceptors (Lipinski definition) is 4. The molecule has 1 aromatic carbocycles. The molecule has 0 saturated carbocycles. The number of rotatable bonds is 4. The van der Waals surface area contributed by atoms with Gasteiger partial charge < -0.3 is 15.3 Å². The van der Waals surface area contributed by atoms with Gasteiger partial charge in [-0.15, -0.1) is 0 Å². The summed E-state index contributed by atoms with van der Waals surface area (Å²) in [4.78, 5) is 15.8. The SMILES string of the molecule is O=C(O)C1CCCN(c2ccc(CN3CCNCC3)cc2)C1. The Bertz CT molecular complexity index is 497. The minimum absolute atomic E-state index is 0.228. The van der Waals surface area contributed by atoms with Crippen molar-refractivity contribution in [2.24, 2.45) is 5.92 Å². The molecule has 0 radical (unpaired) electrons. The van der Waals surface area contributed by atoms with E-state index in [1.54, 1.807) is 0 Å². The summed E-state index contributed by atoms with van der Waals surface area (Å²) in [5.74, 6) is -0.894. The number of benzene rings is 1. The van der Waals surface area contributed by atoms with Crippen LogP contribution in [0.5, 0.6) is 0 Å². The molecule has 2 saturated heterocycles. The van der Waals surface area contributed by atoms with Crippen LogP contribution in [0.3, 0.4) is 0 Å². The van der Waals surface area contributed by atoms with Gasteiger partial charge in [0, 0.05) is 51.5 Å². The number of anilines is 1. The molecular formula is C17H25N3O2. The van der Waals surface area contributed by atoms with Gasteiger partial charge in [-0.05, 0) is 30.5 Å². The molecule has 0 amide bonds. The Morgan fingerprint density at radius 1 is 1.18 bits per heavy atom. The molecule has 3 rings (SSSR count). The zero-order valence-electron chi connectivity index (χ0n) is 13.0. The van der Waals surface area contributed by atoms with E-state index in [4.69, 9.17) is 0 Å². The maximum Gasteiger partial charge on any atom is 0.308 e. The van der Waals surface area contributed by atoms with Gasteiger partial charge in [0.25, 0.3) is 0 Å². The summed E-state index contributed by atoms with van der Waals surface area (Å²) in [6.45, 7) is 6.94. The maximum absolute atomic E-state index is 11.2. The second-order valence-electron chi connectivity index (χ2n) is 6.32. The highest BCUT2D eigenvalue weighted by Crippen LogP contribution is 2.24. The van der Waals surface area contributed by atoms with E-state index in [0.717, 1.165) is 57.8 Å². The van der Waals surface area contributed by atoms with E-state index >= 15 is 0 Å². The molecule has 1 unspecified atom stereocenters. The van der Waals surface area contributed by atoms with Crippen LogP contribution >= 0.6 is 0 Å². The monoisotopic (exact) mass is 303 g/mol. The van der Waals surface area contributed by atoms with Crippen LogP contribution < -0.4 is 10.2 Å². The molecule has 0 aliphatic carbocycles. The molecule has 2 heterocycles. The number of carbonyl (C=O) groups is 1. The molecule has 2 fully saturated rings. The van der Waals surface area contributed by atoms with Crippen LogP contribution in [0.4, 0.5) is 5.69 Å². The molecular weight excluding hydrogens is 278 g/mol. The van der Waals surface area contributed by atoms with Crippen molar-refractivity contribution in [2.75, 3.05) is 44.2 Å². The highest BCUT2D eigenvalue weighted by Gasteiger charge is 2.25. The number of aliphatic carboxylic acids is 1. The van der Waals surface area contributed by atoms with Crippen molar-refractivity contribution in [1.82, 2.24) is 10.2 Å². The van der Waals surface area contributed by atoms with Gasteiger partial charge in [0.2, 0.25) is 0 Å². The summed E-state index contributed by atoms with van der Waals surface area (Å²) in [5, 5.41) is 12.6. The van der Waals surface area contributed by atoms with Gasteiger partial charge in [0.05, 0.1) is 5.92 Å². The normalized spacial score (nSPS) is 23.5. The smallest absolute Gasteiger partial charge is 0.308 e. The average molecular weight is 303 g/mol. The first-order valence-corrected chi connectivity index (χ1v) is 8.22. The number of hydrogen-bond donors (Lipinski definition) is 2. The number of piperidine rings is 1. The van der Waals surface area contributed by atoms with Crippen molar-refractivity contribution < 1.29 is 9.90 Å². The summed E-state index contributed by atoms with van der Waals surface area (Å²) in [7, 11) is 0. The Labute approximate surface area is 131 Å². The summed E-state index contributed by atoms with van der Waals surface area (Å²) >= 11 is 0. The Hall–Kier alpha value is -1.59. The summed E-state index contributed by atoms with van der Waals surface area (Å²) in [6.07, 6.45) is 1.76. The van der Waals surface area contributed by atoms with Crippen LogP contribution in [0.15, 0.2) is 24.3 Å². The van der Waals surface area contributed by atoms with Gasteiger partial charge in [-0.1, -0.05) is 12.1 Å². The average Bonchev–Trinajstić information content (AvgIpc) is 2.56. The van der Waals surface area contributed by atoms with E-state index in [1.165, 1.54) is 5.56 Å². The van der Waals surface area contributed by atoms with Crippen LogP contribution in [0.2, 0.25) is 0 Å². The lowest BCUT2D eigenvalue weighted by Gasteiger charge is -2.32. The van der Waals surface area contributed by atoms with E-state index in [1.807, 2.05) is 0 Å². The molecule has 0 bridgehead atoms. The minimum atomic E-state index is -0.667. The van der Waals surface area contributed by atoms with Gasteiger partial charge in [-0.3, -0.25) is 9.69 Å². The van der Waals surface area contributed by atoms with Crippen molar-refractivity contribution in [3.05, 3.63) is 29.8 Å². The Kier molecular flexibility index (Phi) is 4.95. The predicted molar refractivity (Wildman–Crippen MR) is 87.2 cm³/mol. The van der Waals surface area contributed by atoms with Crippen LogP contribution in [-0.4, -0.2) is 55.2 Å². The molecule has 22 heavy (non-hydrogen) atoms. The molecule has 0 aromatic heterocycles. The molecule has 2 aliphatic rings. The Balaban J connectivity index is 1.59. The lowest BCUT2D eigenvalue weighted by atomic mass is 9.97. The molecule has 2 N–H and O–H groups in total. The van der Waals surface area contributed by atoms with Gasteiger partial charge >= 0.3 is 5.97 Å². The fraction of sp³-hybridized carbons (Fsp3) is 0.588. The number of piperazine rings is 1. The van der Waals surface area contributed by atoms with Gasteiger partial charge in [0.15, 0.2) is 0 Å². The lowest BCUT2D eigenvalue weighted by Crippen LogP contribution is -2.42. The predicted octanol–water partition coefficient (Wildman–Crippen LogP) is 1.39. The first-order valence-electron chi connectivity index (χ1n) is 8.22. The molecule has 5 heteroatoms. The quantitative estimate of drug-likeness (QED) is 0.880. The summed E-state index contributed by atoms with van der Waals surface area (Å²) in [6, 6.07) is 8.65. The van der Waals surface area contributed by atoms with Gasteiger partial charge in [-0.25, -0.2) is 0 Å². The summed E-state index contributed by atoms with van der Waals surface area (Å²) < 4.78 is 0. The number of nitrogens with zero attached hydrogens (tertiary/aromatic N) is 2. The minimum Gasteiger partial charge on any atom is -0.481 e. The van der Waals surface area contributed by atoms with Crippen molar-refractivity contribution >= 4 is 11.7 Å². The molecule has 1 atom stereocenters. The molecule has 2 aliphatic heterocycles. The van der Waals surface area contributed by atoms with Gasteiger partial charge in [-0.2, -0.15) is 0 Å². The van der Waals surface area contributed by atoms with E-state index in [9.17, 15) is 9.90 Å². The van der Waals surface area contributed by atoms with Crippen molar-refractivity contribution in [3.8, 4) is 0 Å². The number of carboxylic acid groups (broad SMARTS) is 1. The second kappa shape index (κ2) is 7.11. The molecule has 120 valence electrons. The molecule has 0 spiro atoms. The standard InChI is InChI=1S/C17H25N3O2/c21-17(22)15-2-1-9-20(13-15)16-5-3-14(4-6-16)12-19-10-7-18-8-11-19/h3-6,15,18H,1-2,7-13H2,(H,21,22). The third kappa shape index (κ3) is 3.78. The number of carboxylic acids is 1. The zero-order chi connectivity index (χ0) is 15.4. The lowest BCUT2D eigenvalue weighted by molar-refractivity contribution is -0.141. The fourth-order valence-corrected chi connectivity index (χ4v) is 3.35. The third-order valence-corrected chi connectivity index (χ3v) is 4.69. The summed E-state index contributed by atoms with van der Waals surface area (Å²) in [5.41, 5.74) is 2.48. The third-order valence-electron chi connectivity index (χ3n) is 4.69. The van der Waals surface area contributed by atoms with Crippen LogP contribution in [0.1, 0.15) is 18.4 Å². The van der Waals surface area contributed by atoms with Crippen LogP contribution in [-0.2, 0) is 11.3 Å². The first-order chi connectivity index (χ1) is 10.7. The van der Waals surface area contributed by atoms with Crippen LogP contribution in [0, 0.1) is 5.92 Å². The van der Waals surface area contributed by atoms with Crippen LogP contribution in [0.25, 0.3) is 0 Å². The topological polar surface area (TPSA) is 55.8 Å². The Morgan fingerprint density at radius 3 is 2.59 bits per heavy atom. The number of nitrogens with one attached hydrogen (secondary N) is 1. The largest absolute Gasteiger partial charge is 0.481 e. The molecule has 1 aromatic rings.